The highest BCUT2D eigenvalue weighted by Crippen LogP contribution is 2.26. The molecule has 0 atom stereocenters. The van der Waals surface area contributed by atoms with E-state index in [0.717, 1.165) is 0 Å². The lowest BCUT2D eigenvalue weighted by molar-refractivity contribution is -0.147. The average Bonchev–Trinajstić information content (AvgIpc) is 1.53. The van der Waals surface area contributed by atoms with E-state index in [-0.39, 0.29) is 5.92 Å². The molecule has 1 rings (SSSR count). The Labute approximate surface area is 51.2 Å². The van der Waals surface area contributed by atoms with Gasteiger partial charge in [0.05, 0.1) is 0 Å². The van der Waals surface area contributed by atoms with Gasteiger partial charge >= 0.3 is 6.18 Å². The van der Waals surface area contributed by atoms with Gasteiger partial charge in [-0.1, -0.05) is 0 Å². The molecule has 0 bridgehead atoms. The van der Waals surface area contributed by atoms with Crippen LogP contribution in [0.5, 0.6) is 0 Å². The van der Waals surface area contributed by atoms with Crippen molar-refractivity contribution < 1.29 is 13.2 Å². The third-order valence-corrected chi connectivity index (χ3v) is 1.39. The molecule has 0 unspecified atom stereocenters. The molecular formula is C5H8F3N. The summed E-state index contributed by atoms with van der Waals surface area (Å²) in [6, 6.07) is 0. The molecule has 1 aliphatic heterocycles. The van der Waals surface area contributed by atoms with Crippen molar-refractivity contribution in [2.45, 2.75) is 12.6 Å². The quantitative estimate of drug-likeness (QED) is 0.574. The van der Waals surface area contributed by atoms with Gasteiger partial charge in [-0.3, -0.25) is 0 Å². The number of hydrogen-bond acceptors (Lipinski definition) is 1. The maximum Gasteiger partial charge on any atom is 0.389 e. The number of nitrogens with one attached hydrogen (secondary N) is 1. The molecule has 0 saturated carbocycles. The summed E-state index contributed by atoms with van der Waals surface area (Å²) in [6.07, 6.45) is -4.59. The fourth-order valence-electron chi connectivity index (χ4n) is 0.820. The predicted molar refractivity (Wildman–Crippen MR) is 27.0 cm³/mol. The molecule has 0 aliphatic carbocycles. The first-order valence-electron chi connectivity index (χ1n) is 2.85. The van der Waals surface area contributed by atoms with Crippen LogP contribution in [-0.2, 0) is 0 Å². The molecule has 0 spiro atoms. The second-order valence-electron chi connectivity index (χ2n) is 2.34. The standard InChI is InChI=1S/C5H8F3N/c6-5(7,8)1-4-2-9-3-4/h4,9H,1-3H2. The van der Waals surface area contributed by atoms with Crippen LogP contribution in [0.25, 0.3) is 0 Å². The molecule has 0 aromatic rings. The van der Waals surface area contributed by atoms with Gasteiger partial charge in [-0.2, -0.15) is 13.2 Å². The average molecular weight is 139 g/mol. The minimum atomic E-state index is -3.97. The molecule has 4 heteroatoms. The summed E-state index contributed by atoms with van der Waals surface area (Å²) in [4.78, 5) is 0. The molecule has 1 nitrogen and oxygen atoms in total. The van der Waals surface area contributed by atoms with Crippen molar-refractivity contribution in [3.63, 3.8) is 0 Å². The number of halogens is 3. The van der Waals surface area contributed by atoms with Crippen molar-refractivity contribution in [1.82, 2.24) is 5.32 Å². The molecule has 0 aromatic heterocycles. The lowest BCUT2D eigenvalue weighted by atomic mass is 9.99. The van der Waals surface area contributed by atoms with E-state index in [4.69, 9.17) is 0 Å². The van der Waals surface area contributed by atoms with E-state index >= 15 is 0 Å². The van der Waals surface area contributed by atoms with Gasteiger partial charge in [-0.25, -0.2) is 0 Å². The first-order chi connectivity index (χ1) is 4.08. The molecule has 1 saturated heterocycles. The SMILES string of the molecule is FC(F)(F)CC1CNC1. The van der Waals surface area contributed by atoms with E-state index in [2.05, 4.69) is 5.32 Å². The minimum Gasteiger partial charge on any atom is -0.316 e. The second-order valence-corrected chi connectivity index (χ2v) is 2.34. The summed E-state index contributed by atoms with van der Waals surface area (Å²) >= 11 is 0. The molecular weight excluding hydrogens is 131 g/mol. The Morgan fingerprint density at radius 1 is 1.33 bits per heavy atom. The largest absolute Gasteiger partial charge is 0.389 e. The third-order valence-electron chi connectivity index (χ3n) is 1.39. The van der Waals surface area contributed by atoms with Crippen LogP contribution < -0.4 is 5.32 Å². The lowest BCUT2D eigenvalue weighted by Crippen LogP contribution is -2.44. The van der Waals surface area contributed by atoms with Crippen LogP contribution in [0.3, 0.4) is 0 Å². The Hall–Kier alpha value is -0.250. The lowest BCUT2D eigenvalue weighted by Gasteiger charge is -2.27. The summed E-state index contributed by atoms with van der Waals surface area (Å²) in [5, 5.41) is 2.78. The first-order valence-corrected chi connectivity index (χ1v) is 2.85. The van der Waals surface area contributed by atoms with Crippen LogP contribution in [0.15, 0.2) is 0 Å². The summed E-state index contributed by atoms with van der Waals surface area (Å²) in [6.45, 7) is 1.05. The van der Waals surface area contributed by atoms with Gasteiger partial charge in [0.1, 0.15) is 0 Å². The van der Waals surface area contributed by atoms with Crippen LogP contribution in [0.2, 0.25) is 0 Å². The van der Waals surface area contributed by atoms with Crippen molar-refractivity contribution in [3.05, 3.63) is 0 Å². The molecule has 1 aliphatic rings. The third kappa shape index (κ3) is 2.22. The van der Waals surface area contributed by atoms with Gasteiger partial charge in [-0.15, -0.1) is 0 Å². The van der Waals surface area contributed by atoms with E-state index in [9.17, 15) is 13.2 Å². The molecule has 1 heterocycles. The smallest absolute Gasteiger partial charge is 0.316 e. The second kappa shape index (κ2) is 2.17. The Morgan fingerprint density at radius 2 is 1.89 bits per heavy atom. The summed E-state index contributed by atoms with van der Waals surface area (Å²) in [7, 11) is 0. The van der Waals surface area contributed by atoms with E-state index in [1.54, 1.807) is 0 Å². The van der Waals surface area contributed by atoms with Crippen molar-refractivity contribution in [1.29, 1.82) is 0 Å². The fourth-order valence-corrected chi connectivity index (χ4v) is 0.820. The molecule has 1 fully saturated rings. The molecule has 0 amide bonds. The van der Waals surface area contributed by atoms with E-state index < -0.39 is 12.6 Å². The minimum absolute atomic E-state index is 0.162. The molecule has 9 heavy (non-hydrogen) atoms. The number of alkyl halides is 3. The van der Waals surface area contributed by atoms with Crippen LogP contribution >= 0.6 is 0 Å². The van der Waals surface area contributed by atoms with Gasteiger partial charge in [0, 0.05) is 6.42 Å². The Kier molecular flexibility index (Phi) is 1.66. The van der Waals surface area contributed by atoms with Crippen LogP contribution in [0.4, 0.5) is 13.2 Å². The summed E-state index contributed by atoms with van der Waals surface area (Å²) in [5.41, 5.74) is 0. The van der Waals surface area contributed by atoms with Crippen molar-refractivity contribution in [3.8, 4) is 0 Å². The van der Waals surface area contributed by atoms with E-state index in [0.29, 0.717) is 13.1 Å². The van der Waals surface area contributed by atoms with Gasteiger partial charge < -0.3 is 5.32 Å². The van der Waals surface area contributed by atoms with Crippen LogP contribution in [0.1, 0.15) is 6.42 Å². The predicted octanol–water partition coefficient (Wildman–Crippen LogP) is 1.16. The van der Waals surface area contributed by atoms with Gasteiger partial charge in [0.15, 0.2) is 0 Å². The number of hydrogen-bond donors (Lipinski definition) is 1. The van der Waals surface area contributed by atoms with E-state index in [1.807, 2.05) is 0 Å². The highest BCUT2D eigenvalue weighted by Gasteiger charge is 2.34. The Bertz CT molecular complexity index is 94.9. The zero-order valence-corrected chi connectivity index (χ0v) is 4.83. The van der Waals surface area contributed by atoms with Crippen LogP contribution in [0, 0.1) is 5.92 Å². The van der Waals surface area contributed by atoms with Gasteiger partial charge in [0.2, 0.25) is 0 Å². The molecule has 1 N–H and O–H groups in total. The maximum atomic E-state index is 11.5. The zero-order chi connectivity index (χ0) is 6.91. The molecule has 0 aromatic carbocycles. The number of rotatable bonds is 1. The summed E-state index contributed by atoms with van der Waals surface area (Å²) in [5.74, 6) is -0.162. The topological polar surface area (TPSA) is 12.0 Å². The Morgan fingerprint density at radius 3 is 2.00 bits per heavy atom. The Balaban J connectivity index is 2.16. The molecule has 54 valence electrons. The van der Waals surface area contributed by atoms with Crippen molar-refractivity contribution in [2.24, 2.45) is 5.92 Å². The normalized spacial score (nSPS) is 21.7. The van der Waals surface area contributed by atoms with Gasteiger partial charge in [-0.05, 0) is 19.0 Å². The molecule has 0 radical (unpaired) electrons. The monoisotopic (exact) mass is 139 g/mol. The van der Waals surface area contributed by atoms with Crippen LogP contribution in [-0.4, -0.2) is 19.3 Å². The first kappa shape index (κ1) is 6.86. The highest BCUT2D eigenvalue weighted by molar-refractivity contribution is 4.76. The fraction of sp³-hybridized carbons (Fsp3) is 1.00. The zero-order valence-electron chi connectivity index (χ0n) is 4.83. The van der Waals surface area contributed by atoms with Crippen molar-refractivity contribution >= 4 is 0 Å². The van der Waals surface area contributed by atoms with Crippen molar-refractivity contribution in [2.75, 3.05) is 13.1 Å². The highest BCUT2D eigenvalue weighted by atomic mass is 19.4. The van der Waals surface area contributed by atoms with E-state index in [1.165, 1.54) is 0 Å². The maximum absolute atomic E-state index is 11.5. The summed E-state index contributed by atoms with van der Waals surface area (Å²) < 4.78 is 34.5. The van der Waals surface area contributed by atoms with Gasteiger partial charge in [0.25, 0.3) is 0 Å².